The number of hydrogen-bond acceptors (Lipinski definition) is 3. The highest BCUT2D eigenvalue weighted by Gasteiger charge is 2.17. The normalized spacial score (nSPS) is 14.1. The van der Waals surface area contributed by atoms with Crippen LogP contribution in [0.3, 0.4) is 0 Å². The molecule has 0 aromatic heterocycles. The van der Waals surface area contributed by atoms with Crippen molar-refractivity contribution in [1.29, 1.82) is 0 Å². The van der Waals surface area contributed by atoms with Gasteiger partial charge in [-0.15, -0.1) is 0 Å². The van der Waals surface area contributed by atoms with Crippen LogP contribution in [-0.4, -0.2) is 22.9 Å². The molecule has 1 unspecified atom stereocenters. The molecule has 0 saturated heterocycles. The monoisotopic (exact) mass is 352 g/mol. The van der Waals surface area contributed by atoms with Crippen LogP contribution in [0.1, 0.15) is 46.4 Å². The van der Waals surface area contributed by atoms with Crippen LogP contribution < -0.4 is 10.6 Å². The lowest BCUT2D eigenvalue weighted by molar-refractivity contribution is -0.121. The van der Waals surface area contributed by atoms with Gasteiger partial charge in [0.1, 0.15) is 0 Å². The first kappa shape index (κ1) is 17.7. The number of carboxylic acids is 1. The Hall–Kier alpha value is -3.15. The third-order valence-electron chi connectivity index (χ3n) is 4.47. The van der Waals surface area contributed by atoms with Crippen molar-refractivity contribution in [2.75, 3.05) is 5.32 Å². The van der Waals surface area contributed by atoms with E-state index < -0.39 is 5.97 Å². The number of carboxylic acid groups (broad SMARTS) is 1. The molecule has 1 aliphatic rings. The number of amides is 2. The number of carbonyl (C=O) groups is 3. The number of rotatable bonds is 5. The molecule has 134 valence electrons. The predicted octanol–water partition coefficient (Wildman–Crippen LogP) is 2.69. The number of aryl methyl sites for hydroxylation is 1. The third kappa shape index (κ3) is 4.08. The molecule has 2 aromatic carbocycles. The van der Waals surface area contributed by atoms with Crippen LogP contribution in [0.2, 0.25) is 0 Å². The average molecular weight is 352 g/mol. The summed E-state index contributed by atoms with van der Waals surface area (Å²) in [7, 11) is 0. The van der Waals surface area contributed by atoms with E-state index in [0.717, 1.165) is 22.4 Å². The molecule has 0 fully saturated rings. The molecule has 1 heterocycles. The van der Waals surface area contributed by atoms with Crippen LogP contribution in [0, 0.1) is 0 Å². The molecular weight excluding hydrogens is 332 g/mol. The Balaban J connectivity index is 1.62. The Morgan fingerprint density at radius 3 is 2.58 bits per heavy atom. The number of benzene rings is 2. The second-order valence-corrected chi connectivity index (χ2v) is 6.43. The summed E-state index contributed by atoms with van der Waals surface area (Å²) in [4.78, 5) is 34.5. The zero-order valence-electron chi connectivity index (χ0n) is 14.4. The van der Waals surface area contributed by atoms with Gasteiger partial charge in [-0.25, -0.2) is 4.79 Å². The summed E-state index contributed by atoms with van der Waals surface area (Å²) >= 11 is 0. The Morgan fingerprint density at radius 2 is 1.88 bits per heavy atom. The van der Waals surface area contributed by atoms with E-state index in [1.807, 2.05) is 25.1 Å². The molecule has 0 radical (unpaired) electrons. The van der Waals surface area contributed by atoms with Crippen LogP contribution in [0.5, 0.6) is 0 Å². The highest BCUT2D eigenvalue weighted by molar-refractivity contribution is 5.94. The van der Waals surface area contributed by atoms with Crippen molar-refractivity contribution in [2.24, 2.45) is 0 Å². The minimum Gasteiger partial charge on any atom is -0.478 e. The van der Waals surface area contributed by atoms with Crippen LogP contribution in [0.25, 0.3) is 0 Å². The maximum atomic E-state index is 12.3. The van der Waals surface area contributed by atoms with Crippen molar-refractivity contribution < 1.29 is 19.5 Å². The zero-order chi connectivity index (χ0) is 18.7. The van der Waals surface area contributed by atoms with Gasteiger partial charge in [-0.3, -0.25) is 9.59 Å². The zero-order valence-corrected chi connectivity index (χ0v) is 14.4. The summed E-state index contributed by atoms with van der Waals surface area (Å²) in [6, 6.07) is 11.9. The molecule has 6 nitrogen and oxygen atoms in total. The summed E-state index contributed by atoms with van der Waals surface area (Å²) in [5.74, 6) is -1.09. The number of carbonyl (C=O) groups excluding carboxylic acids is 2. The first-order valence-corrected chi connectivity index (χ1v) is 8.46. The van der Waals surface area contributed by atoms with Crippen LogP contribution >= 0.6 is 0 Å². The topological polar surface area (TPSA) is 95.5 Å². The van der Waals surface area contributed by atoms with E-state index in [1.54, 1.807) is 12.1 Å². The Kier molecular flexibility index (Phi) is 5.02. The molecular formula is C20H20N2O4. The molecule has 2 amide bonds. The molecule has 3 N–H and O–H groups in total. The molecule has 3 rings (SSSR count). The Morgan fingerprint density at radius 1 is 1.15 bits per heavy atom. The second kappa shape index (κ2) is 7.39. The van der Waals surface area contributed by atoms with E-state index in [1.165, 1.54) is 12.1 Å². The summed E-state index contributed by atoms with van der Waals surface area (Å²) in [5.41, 5.74) is 3.85. The molecule has 0 spiro atoms. The van der Waals surface area contributed by atoms with E-state index >= 15 is 0 Å². The van der Waals surface area contributed by atoms with E-state index in [-0.39, 0.29) is 29.8 Å². The molecule has 0 saturated carbocycles. The van der Waals surface area contributed by atoms with Gasteiger partial charge in [0.25, 0.3) is 0 Å². The predicted molar refractivity (Wildman–Crippen MR) is 97.1 cm³/mol. The van der Waals surface area contributed by atoms with Crippen LogP contribution in [0.15, 0.2) is 42.5 Å². The first-order chi connectivity index (χ1) is 12.4. The summed E-state index contributed by atoms with van der Waals surface area (Å²) in [5, 5.41) is 14.7. The van der Waals surface area contributed by atoms with Gasteiger partial charge < -0.3 is 15.7 Å². The van der Waals surface area contributed by atoms with E-state index in [4.69, 9.17) is 5.11 Å². The molecule has 0 bridgehead atoms. The quantitative estimate of drug-likeness (QED) is 0.771. The first-order valence-electron chi connectivity index (χ1n) is 8.46. The number of anilines is 1. The van der Waals surface area contributed by atoms with Crippen LogP contribution in [-0.2, 0) is 22.4 Å². The fourth-order valence-corrected chi connectivity index (χ4v) is 3.00. The van der Waals surface area contributed by atoms with E-state index in [2.05, 4.69) is 10.6 Å². The second-order valence-electron chi connectivity index (χ2n) is 6.43. The number of nitrogens with one attached hydrogen (secondary N) is 2. The maximum absolute atomic E-state index is 12.3. The van der Waals surface area contributed by atoms with Gasteiger partial charge in [0, 0.05) is 12.1 Å². The molecule has 0 aliphatic carbocycles. The van der Waals surface area contributed by atoms with Gasteiger partial charge in [0.2, 0.25) is 11.8 Å². The van der Waals surface area contributed by atoms with Gasteiger partial charge in [0.05, 0.1) is 18.0 Å². The highest BCUT2D eigenvalue weighted by atomic mass is 16.4. The number of fused-ring (bicyclic) bond motifs is 1. The number of aromatic carboxylic acids is 1. The van der Waals surface area contributed by atoms with Gasteiger partial charge in [-0.2, -0.15) is 0 Å². The summed E-state index contributed by atoms with van der Waals surface area (Å²) in [6.45, 7) is 1.91. The number of hydrogen-bond donors (Lipinski definition) is 3. The molecule has 1 aliphatic heterocycles. The minimum absolute atomic E-state index is 0.0283. The van der Waals surface area contributed by atoms with Crippen molar-refractivity contribution in [3.63, 3.8) is 0 Å². The Labute approximate surface area is 151 Å². The summed E-state index contributed by atoms with van der Waals surface area (Å²) < 4.78 is 0. The fourth-order valence-electron chi connectivity index (χ4n) is 3.00. The lowest BCUT2D eigenvalue weighted by atomic mass is 9.97. The minimum atomic E-state index is -0.988. The van der Waals surface area contributed by atoms with E-state index in [0.29, 0.717) is 12.8 Å². The summed E-state index contributed by atoms with van der Waals surface area (Å²) in [6.07, 6.45) is 1.36. The van der Waals surface area contributed by atoms with Gasteiger partial charge >= 0.3 is 5.97 Å². The van der Waals surface area contributed by atoms with Gasteiger partial charge in [-0.1, -0.05) is 24.3 Å². The standard InChI is InChI=1S/C20H20N2O4/c1-12(15-6-8-17-16(11-15)7-9-18(23)22-17)21-19(24)10-13-2-4-14(5-3-13)20(25)26/h2-6,8,11-12H,7,9-10H2,1H3,(H,21,24)(H,22,23)(H,25,26). The largest absolute Gasteiger partial charge is 0.478 e. The van der Waals surface area contributed by atoms with Crippen LogP contribution in [0.4, 0.5) is 5.69 Å². The highest BCUT2D eigenvalue weighted by Crippen LogP contribution is 2.26. The lowest BCUT2D eigenvalue weighted by Gasteiger charge is -2.20. The van der Waals surface area contributed by atoms with Crippen molar-refractivity contribution in [3.8, 4) is 0 Å². The average Bonchev–Trinajstić information content (AvgIpc) is 2.61. The molecule has 1 atom stereocenters. The maximum Gasteiger partial charge on any atom is 0.335 e. The Bertz CT molecular complexity index is 859. The smallest absolute Gasteiger partial charge is 0.335 e. The van der Waals surface area contributed by atoms with Gasteiger partial charge in [0.15, 0.2) is 0 Å². The lowest BCUT2D eigenvalue weighted by Crippen LogP contribution is -2.28. The third-order valence-corrected chi connectivity index (χ3v) is 4.47. The van der Waals surface area contributed by atoms with Gasteiger partial charge in [-0.05, 0) is 48.2 Å². The SMILES string of the molecule is CC(NC(=O)Cc1ccc(C(=O)O)cc1)c1ccc2c(c1)CCC(=O)N2. The van der Waals surface area contributed by atoms with Crippen molar-refractivity contribution in [1.82, 2.24) is 5.32 Å². The van der Waals surface area contributed by atoms with Crippen molar-refractivity contribution in [3.05, 3.63) is 64.7 Å². The van der Waals surface area contributed by atoms with Crippen molar-refractivity contribution in [2.45, 2.75) is 32.2 Å². The molecule has 6 heteroatoms. The fraction of sp³-hybridized carbons (Fsp3) is 0.250. The molecule has 2 aromatic rings. The van der Waals surface area contributed by atoms with Crippen molar-refractivity contribution >= 4 is 23.5 Å². The van der Waals surface area contributed by atoms with E-state index in [9.17, 15) is 14.4 Å². The molecule has 26 heavy (non-hydrogen) atoms.